The lowest BCUT2D eigenvalue weighted by atomic mass is 10.1. The summed E-state index contributed by atoms with van der Waals surface area (Å²) in [7, 11) is 0. The largest absolute Gasteiger partial charge is 0.481 e. The maximum atomic E-state index is 10.7. The molecule has 0 rings (SSSR count). The van der Waals surface area contributed by atoms with Crippen LogP contribution in [-0.4, -0.2) is 28.1 Å². The number of carbonyl (C=O) groups is 2. The normalized spacial score (nSPS) is 12.5. The third-order valence-electron chi connectivity index (χ3n) is 1.28. The molecule has 0 radical (unpaired) electrons. The summed E-state index contributed by atoms with van der Waals surface area (Å²) in [5.41, 5.74) is 0. The number of rotatable bonds is 5. The maximum Gasteiger partial charge on any atom is 0.310 e. The Morgan fingerprint density at radius 1 is 1.45 bits per heavy atom. The Morgan fingerprint density at radius 3 is 2.36 bits per heavy atom. The second-order valence-electron chi connectivity index (χ2n) is 2.38. The van der Waals surface area contributed by atoms with Gasteiger partial charge in [0.05, 0.1) is 6.10 Å². The van der Waals surface area contributed by atoms with Crippen molar-refractivity contribution in [3.05, 3.63) is 0 Å². The topological polar surface area (TPSA) is 74.6 Å². The fraction of sp³-hybridized carbons (Fsp3) is 0.714. The average molecular weight is 160 g/mol. The molecule has 0 aliphatic rings. The van der Waals surface area contributed by atoms with Crippen molar-refractivity contribution in [2.45, 2.75) is 32.3 Å². The monoisotopic (exact) mass is 160 g/mol. The van der Waals surface area contributed by atoms with Crippen molar-refractivity contribution < 1.29 is 19.8 Å². The number of carboxylic acids is 1. The highest BCUT2D eigenvalue weighted by atomic mass is 16.4. The first-order chi connectivity index (χ1) is 5.06. The second-order valence-corrected chi connectivity index (χ2v) is 2.38. The van der Waals surface area contributed by atoms with Crippen LogP contribution in [0.3, 0.4) is 0 Å². The zero-order valence-electron chi connectivity index (χ0n) is 6.41. The number of aliphatic carboxylic acids is 1. The Morgan fingerprint density at radius 2 is 2.00 bits per heavy atom. The van der Waals surface area contributed by atoms with Crippen LogP contribution in [-0.2, 0) is 9.59 Å². The van der Waals surface area contributed by atoms with Crippen molar-refractivity contribution in [2.75, 3.05) is 0 Å². The van der Waals surface area contributed by atoms with E-state index in [1.54, 1.807) is 6.92 Å². The Labute approximate surface area is 64.8 Å². The third-order valence-corrected chi connectivity index (χ3v) is 1.28. The van der Waals surface area contributed by atoms with Gasteiger partial charge in [-0.15, -0.1) is 0 Å². The highest BCUT2D eigenvalue weighted by molar-refractivity contribution is 5.94. The molecular weight excluding hydrogens is 148 g/mol. The van der Waals surface area contributed by atoms with Crippen molar-refractivity contribution in [3.8, 4) is 0 Å². The summed E-state index contributed by atoms with van der Waals surface area (Å²) in [4.78, 5) is 20.7. The molecule has 0 bridgehead atoms. The fourth-order valence-electron chi connectivity index (χ4n) is 0.648. The zero-order valence-corrected chi connectivity index (χ0v) is 6.41. The molecule has 0 aliphatic carbocycles. The van der Waals surface area contributed by atoms with Crippen LogP contribution in [0.2, 0.25) is 0 Å². The van der Waals surface area contributed by atoms with Crippen molar-refractivity contribution in [1.29, 1.82) is 0 Å². The number of ketones is 1. The summed E-state index contributed by atoms with van der Waals surface area (Å²) in [5, 5.41) is 17.1. The minimum atomic E-state index is -1.14. The molecule has 1 atom stereocenters. The molecule has 0 amide bonds. The second kappa shape index (κ2) is 4.85. The number of Topliss-reactive ketones (excluding diaryl/α,β-unsaturated/α-hetero) is 1. The molecule has 11 heavy (non-hydrogen) atoms. The van der Waals surface area contributed by atoms with Crippen LogP contribution < -0.4 is 0 Å². The van der Waals surface area contributed by atoms with Crippen LogP contribution in [0.1, 0.15) is 26.2 Å². The number of aliphatic hydroxyl groups is 1. The molecule has 4 nitrogen and oxygen atoms in total. The first-order valence-corrected chi connectivity index (χ1v) is 3.47. The van der Waals surface area contributed by atoms with E-state index in [0.29, 0.717) is 6.42 Å². The molecule has 0 aliphatic heterocycles. The van der Waals surface area contributed by atoms with Crippen LogP contribution in [0, 0.1) is 0 Å². The number of hydrogen-bond donors (Lipinski definition) is 2. The van der Waals surface area contributed by atoms with E-state index in [0.717, 1.165) is 0 Å². The maximum absolute atomic E-state index is 10.7. The van der Waals surface area contributed by atoms with Gasteiger partial charge in [0.25, 0.3) is 0 Å². The van der Waals surface area contributed by atoms with Gasteiger partial charge < -0.3 is 10.2 Å². The lowest BCUT2D eigenvalue weighted by Crippen LogP contribution is -2.15. The van der Waals surface area contributed by atoms with Crippen LogP contribution in [0.25, 0.3) is 0 Å². The zero-order chi connectivity index (χ0) is 8.85. The van der Waals surface area contributed by atoms with E-state index >= 15 is 0 Å². The molecule has 0 saturated heterocycles. The summed E-state index contributed by atoms with van der Waals surface area (Å²) < 4.78 is 0. The van der Waals surface area contributed by atoms with E-state index < -0.39 is 24.3 Å². The highest BCUT2D eigenvalue weighted by Crippen LogP contribution is 1.99. The molecule has 64 valence electrons. The molecule has 0 saturated carbocycles. The van der Waals surface area contributed by atoms with Gasteiger partial charge in [-0.25, -0.2) is 0 Å². The molecule has 0 spiro atoms. The van der Waals surface area contributed by atoms with Gasteiger partial charge >= 0.3 is 5.97 Å². The van der Waals surface area contributed by atoms with Gasteiger partial charge in [0.2, 0.25) is 0 Å². The Kier molecular flexibility index (Phi) is 4.45. The van der Waals surface area contributed by atoms with Gasteiger partial charge in [0, 0.05) is 6.42 Å². The molecule has 0 aromatic rings. The number of carboxylic acid groups (broad SMARTS) is 1. The molecule has 4 heteroatoms. The SMILES string of the molecule is CC[C@H](O)CC(=O)CC(=O)O. The van der Waals surface area contributed by atoms with E-state index in [1.807, 2.05) is 0 Å². The molecule has 0 aromatic heterocycles. The van der Waals surface area contributed by atoms with Gasteiger partial charge in [0.1, 0.15) is 12.2 Å². The van der Waals surface area contributed by atoms with E-state index in [-0.39, 0.29) is 6.42 Å². The molecule has 0 heterocycles. The minimum Gasteiger partial charge on any atom is -0.481 e. The van der Waals surface area contributed by atoms with Crippen molar-refractivity contribution >= 4 is 11.8 Å². The van der Waals surface area contributed by atoms with Crippen molar-refractivity contribution in [2.24, 2.45) is 0 Å². The van der Waals surface area contributed by atoms with Crippen LogP contribution >= 0.6 is 0 Å². The van der Waals surface area contributed by atoms with E-state index in [4.69, 9.17) is 10.2 Å². The molecular formula is C7H12O4. The first kappa shape index (κ1) is 10.1. The van der Waals surface area contributed by atoms with Crippen molar-refractivity contribution in [1.82, 2.24) is 0 Å². The lowest BCUT2D eigenvalue weighted by Gasteiger charge is -2.03. The number of carbonyl (C=O) groups excluding carboxylic acids is 1. The predicted molar refractivity (Wildman–Crippen MR) is 38.2 cm³/mol. The lowest BCUT2D eigenvalue weighted by molar-refractivity contribution is -0.140. The number of hydrogen-bond acceptors (Lipinski definition) is 3. The summed E-state index contributed by atoms with van der Waals surface area (Å²) in [6, 6.07) is 0. The van der Waals surface area contributed by atoms with Crippen LogP contribution in [0.5, 0.6) is 0 Å². The van der Waals surface area contributed by atoms with Gasteiger partial charge in [-0.2, -0.15) is 0 Å². The molecule has 0 aromatic carbocycles. The van der Waals surface area contributed by atoms with Gasteiger partial charge in [-0.3, -0.25) is 9.59 Å². The van der Waals surface area contributed by atoms with Crippen LogP contribution in [0.15, 0.2) is 0 Å². The molecule has 0 fully saturated rings. The smallest absolute Gasteiger partial charge is 0.310 e. The average Bonchev–Trinajstić information content (AvgIpc) is 1.85. The summed E-state index contributed by atoms with van der Waals surface area (Å²) in [6.07, 6.45) is -0.757. The standard InChI is InChI=1S/C7H12O4/c1-2-5(8)3-6(9)4-7(10)11/h5,8H,2-4H2,1H3,(H,10,11)/t5-/m0/s1. The van der Waals surface area contributed by atoms with Gasteiger partial charge in [0.15, 0.2) is 0 Å². The summed E-state index contributed by atoms with van der Waals surface area (Å²) >= 11 is 0. The van der Waals surface area contributed by atoms with E-state index in [2.05, 4.69) is 0 Å². The van der Waals surface area contributed by atoms with Crippen molar-refractivity contribution in [3.63, 3.8) is 0 Å². The quantitative estimate of drug-likeness (QED) is 0.563. The first-order valence-electron chi connectivity index (χ1n) is 3.47. The predicted octanol–water partition coefficient (Wildman–Crippen LogP) is 0.191. The van der Waals surface area contributed by atoms with Gasteiger partial charge in [-0.05, 0) is 6.42 Å². The summed E-state index contributed by atoms with van der Waals surface area (Å²) in [5.74, 6) is -1.56. The minimum absolute atomic E-state index is 0.0528. The number of aliphatic hydroxyl groups excluding tert-OH is 1. The molecule has 2 N–H and O–H groups in total. The van der Waals surface area contributed by atoms with E-state index in [1.165, 1.54) is 0 Å². The molecule has 0 unspecified atom stereocenters. The Balaban J connectivity index is 3.60. The van der Waals surface area contributed by atoms with Crippen LogP contribution in [0.4, 0.5) is 0 Å². The highest BCUT2D eigenvalue weighted by Gasteiger charge is 2.11. The van der Waals surface area contributed by atoms with E-state index in [9.17, 15) is 9.59 Å². The summed E-state index contributed by atoms with van der Waals surface area (Å²) in [6.45, 7) is 1.73. The van der Waals surface area contributed by atoms with Gasteiger partial charge in [-0.1, -0.05) is 6.92 Å². The fourth-order valence-corrected chi connectivity index (χ4v) is 0.648. The third kappa shape index (κ3) is 5.54. The Bertz CT molecular complexity index is 153. The Hall–Kier alpha value is -0.900.